The van der Waals surface area contributed by atoms with Gasteiger partial charge in [-0.3, -0.25) is 4.90 Å². The Morgan fingerprint density at radius 2 is 2.32 bits per heavy atom. The van der Waals surface area contributed by atoms with Gasteiger partial charge in [0.15, 0.2) is 0 Å². The van der Waals surface area contributed by atoms with E-state index in [9.17, 15) is 9.90 Å². The number of ether oxygens (including phenoxy) is 1. The van der Waals surface area contributed by atoms with E-state index in [1.165, 1.54) is 0 Å². The highest BCUT2D eigenvalue weighted by atomic mass is 16.6. The fourth-order valence-electron chi connectivity index (χ4n) is 2.38. The van der Waals surface area contributed by atoms with Crippen molar-refractivity contribution >= 4 is 6.09 Å². The summed E-state index contributed by atoms with van der Waals surface area (Å²) in [6.45, 7) is 3.44. The highest BCUT2D eigenvalue weighted by Gasteiger charge is 2.42. The van der Waals surface area contributed by atoms with Gasteiger partial charge >= 0.3 is 6.09 Å². The van der Waals surface area contributed by atoms with Gasteiger partial charge in [0.05, 0.1) is 5.54 Å². The SMILES string of the molecule is CC1(CCCN)COC(=O)N1Cc1cccc(O)c1. The molecule has 0 bridgehead atoms. The number of hydrogen-bond donors (Lipinski definition) is 2. The Morgan fingerprint density at radius 1 is 1.53 bits per heavy atom. The van der Waals surface area contributed by atoms with Crippen LogP contribution in [0.25, 0.3) is 0 Å². The smallest absolute Gasteiger partial charge is 0.410 e. The summed E-state index contributed by atoms with van der Waals surface area (Å²) >= 11 is 0. The fourth-order valence-corrected chi connectivity index (χ4v) is 2.38. The number of phenols is 1. The van der Waals surface area contributed by atoms with Crippen LogP contribution in [-0.2, 0) is 11.3 Å². The van der Waals surface area contributed by atoms with Gasteiger partial charge in [-0.05, 0) is 44.0 Å². The van der Waals surface area contributed by atoms with Gasteiger partial charge in [0, 0.05) is 6.54 Å². The zero-order valence-electron chi connectivity index (χ0n) is 11.1. The molecule has 5 heteroatoms. The van der Waals surface area contributed by atoms with Crippen LogP contribution in [0.4, 0.5) is 4.79 Å². The highest BCUT2D eigenvalue weighted by molar-refractivity contribution is 5.71. The molecule has 1 aromatic rings. The van der Waals surface area contributed by atoms with Crippen LogP contribution in [0.2, 0.25) is 0 Å². The highest BCUT2D eigenvalue weighted by Crippen LogP contribution is 2.30. The van der Waals surface area contributed by atoms with Crippen molar-refractivity contribution in [1.29, 1.82) is 0 Å². The minimum Gasteiger partial charge on any atom is -0.508 e. The number of aromatic hydroxyl groups is 1. The third kappa shape index (κ3) is 2.98. The normalized spacial score (nSPS) is 22.6. The number of rotatable bonds is 5. The summed E-state index contributed by atoms with van der Waals surface area (Å²) in [7, 11) is 0. The van der Waals surface area contributed by atoms with Crippen molar-refractivity contribution in [2.24, 2.45) is 5.73 Å². The summed E-state index contributed by atoms with van der Waals surface area (Å²) < 4.78 is 5.16. The van der Waals surface area contributed by atoms with E-state index in [1.807, 2.05) is 13.0 Å². The van der Waals surface area contributed by atoms with E-state index in [1.54, 1.807) is 23.1 Å². The predicted octanol–water partition coefficient (Wildman–Crippen LogP) is 1.84. The van der Waals surface area contributed by atoms with Crippen molar-refractivity contribution in [3.63, 3.8) is 0 Å². The Hall–Kier alpha value is -1.75. The molecule has 1 heterocycles. The Balaban J connectivity index is 2.13. The number of benzene rings is 1. The van der Waals surface area contributed by atoms with Crippen LogP contribution in [-0.4, -0.2) is 34.8 Å². The quantitative estimate of drug-likeness (QED) is 0.851. The van der Waals surface area contributed by atoms with Crippen molar-refractivity contribution in [2.45, 2.75) is 31.8 Å². The standard InChI is InChI=1S/C14H20N2O3/c1-14(6-3-7-15)10-19-13(18)16(14)9-11-4-2-5-12(17)8-11/h2,4-5,8,17H,3,6-7,9-10,15H2,1H3. The lowest BCUT2D eigenvalue weighted by molar-refractivity contribution is 0.147. The number of nitrogens with zero attached hydrogens (tertiary/aromatic N) is 1. The van der Waals surface area contributed by atoms with E-state index in [4.69, 9.17) is 10.5 Å². The second-order valence-corrected chi connectivity index (χ2v) is 5.20. The molecule has 0 spiro atoms. The van der Waals surface area contributed by atoms with E-state index in [0.717, 1.165) is 18.4 Å². The monoisotopic (exact) mass is 264 g/mol. The maximum absolute atomic E-state index is 11.9. The molecule has 1 fully saturated rings. The summed E-state index contributed by atoms with van der Waals surface area (Å²) in [6.07, 6.45) is 1.36. The van der Waals surface area contributed by atoms with Gasteiger partial charge in [0.2, 0.25) is 0 Å². The zero-order chi connectivity index (χ0) is 13.9. The van der Waals surface area contributed by atoms with Gasteiger partial charge in [-0.25, -0.2) is 4.79 Å². The number of phenolic OH excluding ortho intramolecular Hbond substituents is 1. The molecule has 1 amide bonds. The maximum Gasteiger partial charge on any atom is 0.410 e. The molecule has 0 aromatic heterocycles. The summed E-state index contributed by atoms with van der Waals surface area (Å²) in [5.41, 5.74) is 6.11. The van der Waals surface area contributed by atoms with E-state index >= 15 is 0 Å². The molecular formula is C14H20N2O3. The topological polar surface area (TPSA) is 75.8 Å². The number of carbonyl (C=O) groups is 1. The molecule has 1 atom stereocenters. The van der Waals surface area contributed by atoms with E-state index < -0.39 is 0 Å². The minimum absolute atomic E-state index is 0.203. The lowest BCUT2D eigenvalue weighted by Gasteiger charge is -2.32. The first-order valence-electron chi connectivity index (χ1n) is 6.47. The first-order chi connectivity index (χ1) is 9.05. The molecule has 19 heavy (non-hydrogen) atoms. The second-order valence-electron chi connectivity index (χ2n) is 5.20. The van der Waals surface area contributed by atoms with Gasteiger partial charge in [0.25, 0.3) is 0 Å². The first-order valence-corrected chi connectivity index (χ1v) is 6.47. The third-order valence-corrected chi connectivity index (χ3v) is 3.55. The molecule has 0 aliphatic carbocycles. The average molecular weight is 264 g/mol. The molecule has 5 nitrogen and oxygen atoms in total. The Bertz CT molecular complexity index is 464. The number of amides is 1. The molecule has 0 radical (unpaired) electrons. The molecule has 104 valence electrons. The van der Waals surface area contributed by atoms with Crippen LogP contribution in [0.3, 0.4) is 0 Å². The molecule has 1 unspecified atom stereocenters. The molecule has 3 N–H and O–H groups in total. The largest absolute Gasteiger partial charge is 0.508 e. The van der Waals surface area contributed by atoms with Crippen molar-refractivity contribution in [3.05, 3.63) is 29.8 Å². The van der Waals surface area contributed by atoms with Crippen molar-refractivity contribution in [3.8, 4) is 5.75 Å². The Kier molecular flexibility index (Phi) is 3.95. The van der Waals surface area contributed by atoms with E-state index in [2.05, 4.69) is 0 Å². The number of nitrogens with two attached hydrogens (primary N) is 1. The van der Waals surface area contributed by atoms with E-state index in [0.29, 0.717) is 19.7 Å². The van der Waals surface area contributed by atoms with Crippen molar-refractivity contribution < 1.29 is 14.6 Å². The molecule has 1 saturated heterocycles. The van der Waals surface area contributed by atoms with Crippen LogP contribution < -0.4 is 5.73 Å². The van der Waals surface area contributed by atoms with Crippen molar-refractivity contribution in [2.75, 3.05) is 13.2 Å². The number of carbonyl (C=O) groups excluding carboxylic acids is 1. The molecule has 1 aromatic carbocycles. The molecule has 1 aliphatic rings. The number of hydrogen-bond acceptors (Lipinski definition) is 4. The van der Waals surface area contributed by atoms with Crippen LogP contribution in [0.1, 0.15) is 25.3 Å². The van der Waals surface area contributed by atoms with Gasteiger partial charge in [-0.15, -0.1) is 0 Å². The fraction of sp³-hybridized carbons (Fsp3) is 0.500. The third-order valence-electron chi connectivity index (χ3n) is 3.55. The summed E-state index contributed by atoms with van der Waals surface area (Å²) in [5.74, 6) is 0.203. The Labute approximate surface area is 113 Å². The number of cyclic esters (lactones) is 1. The van der Waals surface area contributed by atoms with Crippen LogP contribution in [0.15, 0.2) is 24.3 Å². The van der Waals surface area contributed by atoms with Gasteiger partial charge in [-0.1, -0.05) is 12.1 Å². The minimum atomic E-state index is -0.318. The van der Waals surface area contributed by atoms with Gasteiger partial charge in [-0.2, -0.15) is 0 Å². The van der Waals surface area contributed by atoms with Crippen molar-refractivity contribution in [1.82, 2.24) is 4.90 Å². The molecule has 2 rings (SSSR count). The first kappa shape index (κ1) is 13.7. The lowest BCUT2D eigenvalue weighted by atomic mass is 9.95. The van der Waals surface area contributed by atoms with Gasteiger partial charge < -0.3 is 15.6 Å². The zero-order valence-corrected chi connectivity index (χ0v) is 11.1. The van der Waals surface area contributed by atoms with E-state index in [-0.39, 0.29) is 17.4 Å². The summed E-state index contributed by atoms with van der Waals surface area (Å²) in [6, 6.07) is 6.92. The molecule has 0 saturated carbocycles. The molecule has 1 aliphatic heterocycles. The van der Waals surface area contributed by atoms with Crippen LogP contribution >= 0.6 is 0 Å². The van der Waals surface area contributed by atoms with Crippen LogP contribution in [0, 0.1) is 0 Å². The second kappa shape index (κ2) is 5.48. The Morgan fingerprint density at radius 3 is 3.00 bits per heavy atom. The maximum atomic E-state index is 11.9. The predicted molar refractivity (Wildman–Crippen MR) is 71.7 cm³/mol. The summed E-state index contributed by atoms with van der Waals surface area (Å²) in [4.78, 5) is 13.6. The van der Waals surface area contributed by atoms with Gasteiger partial charge in [0.1, 0.15) is 12.4 Å². The lowest BCUT2D eigenvalue weighted by Crippen LogP contribution is -2.44. The van der Waals surface area contributed by atoms with Crippen LogP contribution in [0.5, 0.6) is 5.75 Å². The summed E-state index contributed by atoms with van der Waals surface area (Å²) in [5, 5.41) is 9.47. The molecular weight excluding hydrogens is 244 g/mol. The average Bonchev–Trinajstić information content (AvgIpc) is 2.66.